The molecule has 0 bridgehead atoms. The molecule has 1 aliphatic rings. The van der Waals surface area contributed by atoms with E-state index in [1.165, 1.54) is 4.90 Å². The zero-order chi connectivity index (χ0) is 25.9. The maximum Gasteiger partial charge on any atom is 0.414 e. The third kappa shape index (κ3) is 4.85. The van der Waals surface area contributed by atoms with Crippen molar-refractivity contribution in [2.24, 2.45) is 0 Å². The molecule has 0 atom stereocenters. The minimum absolute atomic E-state index is 0.196. The van der Waals surface area contributed by atoms with Gasteiger partial charge >= 0.3 is 6.09 Å². The van der Waals surface area contributed by atoms with Crippen LogP contribution in [0.4, 0.5) is 10.5 Å². The topological polar surface area (TPSA) is 122 Å². The SMILES string of the molecule is CC(C)OC(=O)N(C)c1ccc(-c2c(C#N)c3ccc(OCCc4nn[nH]n4)cc3n2C2CCC2)cc1. The Labute approximate surface area is 214 Å². The Morgan fingerprint density at radius 3 is 2.65 bits per heavy atom. The number of nitrogens with one attached hydrogen (secondary N) is 1. The van der Waals surface area contributed by atoms with E-state index in [-0.39, 0.29) is 6.10 Å². The average molecular weight is 500 g/mol. The molecule has 1 aliphatic carbocycles. The van der Waals surface area contributed by atoms with Crippen LogP contribution in [-0.4, -0.2) is 51.0 Å². The Balaban J connectivity index is 1.49. The van der Waals surface area contributed by atoms with Gasteiger partial charge in [-0.05, 0) is 62.9 Å². The second kappa shape index (κ2) is 10.3. The van der Waals surface area contributed by atoms with Gasteiger partial charge in [-0.15, -0.1) is 10.2 Å². The standard InChI is InChI=1S/C27H29N7O3/c1-17(2)37-27(35)33(3)19-9-7-18(8-10-19)26-23(16-28)22-12-11-21(36-14-13-25-29-31-32-30-25)15-24(22)34(26)20-5-4-6-20/h7-12,15,17,20H,4-6,13-14H2,1-3H3,(H,29,30,31,32). The van der Waals surface area contributed by atoms with E-state index >= 15 is 0 Å². The summed E-state index contributed by atoms with van der Waals surface area (Å²) >= 11 is 0. The van der Waals surface area contributed by atoms with Gasteiger partial charge in [0.05, 0.1) is 29.5 Å². The molecular formula is C27H29N7O3. The van der Waals surface area contributed by atoms with Crippen LogP contribution in [0.2, 0.25) is 0 Å². The van der Waals surface area contributed by atoms with Crippen molar-refractivity contribution in [3.63, 3.8) is 0 Å². The van der Waals surface area contributed by atoms with E-state index in [1.807, 2.05) is 56.3 Å². The first-order valence-corrected chi connectivity index (χ1v) is 12.4. The molecular weight excluding hydrogens is 470 g/mol. The van der Waals surface area contributed by atoms with Gasteiger partial charge in [-0.2, -0.15) is 10.5 Å². The highest BCUT2D eigenvalue weighted by Crippen LogP contribution is 2.43. The summed E-state index contributed by atoms with van der Waals surface area (Å²) in [6.07, 6.45) is 3.22. The molecule has 0 spiro atoms. The molecule has 5 rings (SSSR count). The average Bonchev–Trinajstić information content (AvgIpc) is 3.48. The Morgan fingerprint density at radius 1 is 1.24 bits per heavy atom. The van der Waals surface area contributed by atoms with Gasteiger partial charge in [0.2, 0.25) is 0 Å². The summed E-state index contributed by atoms with van der Waals surface area (Å²) in [6, 6.07) is 16.3. The van der Waals surface area contributed by atoms with Gasteiger partial charge in [0.1, 0.15) is 11.8 Å². The number of aromatic nitrogens is 5. The van der Waals surface area contributed by atoms with Crippen molar-refractivity contribution in [2.45, 2.75) is 51.7 Å². The van der Waals surface area contributed by atoms with Crippen molar-refractivity contribution in [3.8, 4) is 23.1 Å². The van der Waals surface area contributed by atoms with Crippen molar-refractivity contribution in [1.82, 2.24) is 25.2 Å². The van der Waals surface area contributed by atoms with Gasteiger partial charge in [0.15, 0.2) is 5.82 Å². The van der Waals surface area contributed by atoms with E-state index in [9.17, 15) is 10.1 Å². The minimum Gasteiger partial charge on any atom is -0.493 e. The fraction of sp³-hybridized carbons (Fsp3) is 0.370. The monoisotopic (exact) mass is 499 g/mol. The number of H-pyrrole nitrogens is 1. The molecule has 0 aliphatic heterocycles. The molecule has 1 amide bonds. The maximum atomic E-state index is 12.3. The Morgan fingerprint density at radius 2 is 2.03 bits per heavy atom. The predicted molar refractivity (Wildman–Crippen MR) is 138 cm³/mol. The molecule has 0 radical (unpaired) electrons. The van der Waals surface area contributed by atoms with E-state index < -0.39 is 6.09 Å². The van der Waals surface area contributed by atoms with E-state index in [0.29, 0.717) is 30.5 Å². The molecule has 1 saturated carbocycles. The van der Waals surface area contributed by atoms with Crippen LogP contribution in [-0.2, 0) is 11.2 Å². The van der Waals surface area contributed by atoms with Crippen LogP contribution in [0.3, 0.4) is 0 Å². The molecule has 10 heteroatoms. The molecule has 1 N–H and O–H groups in total. The number of nitriles is 1. The highest BCUT2D eigenvalue weighted by molar-refractivity contribution is 5.96. The summed E-state index contributed by atoms with van der Waals surface area (Å²) in [6.45, 7) is 4.06. The quantitative estimate of drug-likeness (QED) is 0.361. The number of carbonyl (C=O) groups is 1. The van der Waals surface area contributed by atoms with Gasteiger partial charge < -0.3 is 14.0 Å². The molecule has 2 heterocycles. The number of fused-ring (bicyclic) bond motifs is 1. The smallest absolute Gasteiger partial charge is 0.414 e. The molecule has 2 aromatic heterocycles. The number of hydrogen-bond acceptors (Lipinski definition) is 7. The van der Waals surface area contributed by atoms with Gasteiger partial charge in [-0.1, -0.05) is 17.3 Å². The number of aromatic amines is 1. The lowest BCUT2D eigenvalue weighted by Crippen LogP contribution is -2.29. The van der Waals surface area contributed by atoms with Gasteiger partial charge in [0, 0.05) is 36.7 Å². The van der Waals surface area contributed by atoms with Crippen LogP contribution in [0.25, 0.3) is 22.2 Å². The van der Waals surface area contributed by atoms with Crippen molar-refractivity contribution >= 4 is 22.7 Å². The number of benzene rings is 2. The third-order valence-electron chi connectivity index (χ3n) is 6.65. The number of carbonyl (C=O) groups excluding carboxylic acids is 1. The van der Waals surface area contributed by atoms with Crippen LogP contribution in [0.1, 0.15) is 50.5 Å². The number of rotatable bonds is 8. The maximum absolute atomic E-state index is 12.3. The number of hydrogen-bond donors (Lipinski definition) is 1. The van der Waals surface area contributed by atoms with E-state index in [2.05, 4.69) is 31.3 Å². The molecule has 190 valence electrons. The third-order valence-corrected chi connectivity index (χ3v) is 6.65. The second-order valence-electron chi connectivity index (χ2n) is 9.43. The van der Waals surface area contributed by atoms with Crippen LogP contribution < -0.4 is 9.64 Å². The molecule has 1 fully saturated rings. The summed E-state index contributed by atoms with van der Waals surface area (Å²) in [7, 11) is 1.69. The highest BCUT2D eigenvalue weighted by atomic mass is 16.6. The van der Waals surface area contributed by atoms with Crippen molar-refractivity contribution in [2.75, 3.05) is 18.6 Å². The Bertz CT molecular complexity index is 1430. The number of nitrogens with zero attached hydrogens (tertiary/aromatic N) is 6. The van der Waals surface area contributed by atoms with Gasteiger partial charge in [-0.3, -0.25) is 4.90 Å². The summed E-state index contributed by atoms with van der Waals surface area (Å²) in [5, 5.41) is 25.0. The van der Waals surface area contributed by atoms with E-state index in [0.717, 1.165) is 52.9 Å². The van der Waals surface area contributed by atoms with Crippen molar-refractivity contribution < 1.29 is 14.3 Å². The number of ether oxygens (including phenoxy) is 2. The fourth-order valence-corrected chi connectivity index (χ4v) is 4.58. The Hall–Kier alpha value is -4.39. The predicted octanol–water partition coefficient (Wildman–Crippen LogP) is 5.02. The highest BCUT2D eigenvalue weighted by Gasteiger charge is 2.28. The molecule has 2 aromatic carbocycles. The van der Waals surface area contributed by atoms with Crippen molar-refractivity contribution in [3.05, 3.63) is 53.9 Å². The van der Waals surface area contributed by atoms with Crippen LogP contribution in [0.15, 0.2) is 42.5 Å². The van der Waals surface area contributed by atoms with Gasteiger partial charge in [-0.25, -0.2) is 4.79 Å². The van der Waals surface area contributed by atoms with Crippen LogP contribution in [0.5, 0.6) is 5.75 Å². The summed E-state index contributed by atoms with van der Waals surface area (Å²) in [5.74, 6) is 1.32. The lowest BCUT2D eigenvalue weighted by atomic mass is 9.92. The number of tetrazole rings is 1. The summed E-state index contributed by atoms with van der Waals surface area (Å²) in [5.41, 5.74) is 4.16. The number of amides is 1. The molecule has 10 nitrogen and oxygen atoms in total. The minimum atomic E-state index is -0.407. The van der Waals surface area contributed by atoms with Crippen LogP contribution in [0, 0.1) is 11.3 Å². The van der Waals surface area contributed by atoms with E-state index in [1.54, 1.807) is 7.05 Å². The normalized spacial score (nSPS) is 13.4. The fourth-order valence-electron chi connectivity index (χ4n) is 4.58. The second-order valence-corrected chi connectivity index (χ2v) is 9.43. The first kappa shape index (κ1) is 24.3. The Kier molecular flexibility index (Phi) is 6.77. The van der Waals surface area contributed by atoms with Crippen LogP contribution >= 0.6 is 0 Å². The molecule has 4 aromatic rings. The van der Waals surface area contributed by atoms with Gasteiger partial charge in [0.25, 0.3) is 0 Å². The molecule has 0 unspecified atom stereocenters. The summed E-state index contributed by atoms with van der Waals surface area (Å²) in [4.78, 5) is 13.8. The molecule has 0 saturated heterocycles. The first-order chi connectivity index (χ1) is 18.0. The largest absolute Gasteiger partial charge is 0.493 e. The van der Waals surface area contributed by atoms with E-state index in [4.69, 9.17) is 9.47 Å². The lowest BCUT2D eigenvalue weighted by molar-refractivity contribution is 0.124. The first-order valence-electron chi connectivity index (χ1n) is 12.4. The number of anilines is 1. The molecule has 37 heavy (non-hydrogen) atoms. The van der Waals surface area contributed by atoms with Crippen molar-refractivity contribution in [1.29, 1.82) is 5.26 Å². The zero-order valence-corrected chi connectivity index (χ0v) is 21.1. The lowest BCUT2D eigenvalue weighted by Gasteiger charge is -2.30. The zero-order valence-electron chi connectivity index (χ0n) is 21.1. The summed E-state index contributed by atoms with van der Waals surface area (Å²) < 4.78 is 13.6.